The molecule has 0 aliphatic heterocycles. The monoisotopic (exact) mass is 313 g/mol. The summed E-state index contributed by atoms with van der Waals surface area (Å²) in [7, 11) is 0. The third-order valence-electron chi connectivity index (χ3n) is 3.84. The van der Waals surface area contributed by atoms with Gasteiger partial charge in [-0.1, -0.05) is 0 Å². The number of hydrogen-bond acceptors (Lipinski definition) is 4. The molecule has 2 rings (SSSR count). The summed E-state index contributed by atoms with van der Waals surface area (Å²) >= 11 is 0. The zero-order valence-electron chi connectivity index (χ0n) is 12.1. The van der Waals surface area contributed by atoms with Crippen LogP contribution in [0.3, 0.4) is 0 Å². The van der Waals surface area contributed by atoms with Crippen molar-refractivity contribution in [3.05, 3.63) is 39.4 Å². The molecule has 116 valence electrons. The van der Waals surface area contributed by atoms with Crippen LogP contribution in [0.4, 0.5) is 5.69 Å². The number of benzene rings is 1. The highest BCUT2D eigenvalue weighted by Gasteiger charge is 2.41. The second kappa shape index (κ2) is 6.41. The highest BCUT2D eigenvalue weighted by atomic mass is 35.5. The molecule has 21 heavy (non-hydrogen) atoms. The van der Waals surface area contributed by atoms with Crippen molar-refractivity contribution in [2.45, 2.75) is 32.2 Å². The minimum absolute atomic E-state index is 0. The van der Waals surface area contributed by atoms with Gasteiger partial charge < -0.3 is 11.1 Å². The molecule has 1 aromatic carbocycles. The summed E-state index contributed by atoms with van der Waals surface area (Å²) in [6.07, 6.45) is 2.11. The highest BCUT2D eigenvalue weighted by molar-refractivity contribution is 5.95. The molecule has 1 aliphatic rings. The maximum absolute atomic E-state index is 12.3. The number of non-ortho nitro benzene ring substituents is 1. The van der Waals surface area contributed by atoms with Gasteiger partial charge in [0, 0.05) is 24.2 Å². The fourth-order valence-corrected chi connectivity index (χ4v) is 2.37. The minimum Gasteiger partial charge on any atom is -0.345 e. The van der Waals surface area contributed by atoms with E-state index in [2.05, 4.69) is 5.32 Å². The van der Waals surface area contributed by atoms with Crippen molar-refractivity contribution in [1.82, 2.24) is 5.32 Å². The van der Waals surface area contributed by atoms with E-state index in [9.17, 15) is 14.9 Å². The standard InChI is InChI=1S/C14H19N3O3.ClH/c1-9-5-10(7-12(6-9)17(19)20)13(18)16-14(2,8-15)11-3-4-11;/h5-7,11H,3-4,8,15H2,1-2H3,(H,16,18);1H. The number of nitrogens with two attached hydrogens (primary N) is 1. The fraction of sp³-hybridized carbons (Fsp3) is 0.500. The Bertz CT molecular complexity index is 560. The van der Waals surface area contributed by atoms with Crippen LogP contribution < -0.4 is 11.1 Å². The van der Waals surface area contributed by atoms with Gasteiger partial charge in [-0.05, 0) is 44.2 Å². The Morgan fingerprint density at radius 2 is 2.10 bits per heavy atom. The third kappa shape index (κ3) is 3.92. The summed E-state index contributed by atoms with van der Waals surface area (Å²) in [5, 5.41) is 13.8. The van der Waals surface area contributed by atoms with E-state index < -0.39 is 10.5 Å². The van der Waals surface area contributed by atoms with E-state index in [0.717, 1.165) is 12.8 Å². The number of aryl methyl sites for hydroxylation is 1. The van der Waals surface area contributed by atoms with Crippen LogP contribution in [0.1, 0.15) is 35.7 Å². The number of carbonyl (C=O) groups excluding carboxylic acids is 1. The van der Waals surface area contributed by atoms with Gasteiger partial charge in [-0.2, -0.15) is 0 Å². The average molecular weight is 314 g/mol. The van der Waals surface area contributed by atoms with Crippen molar-refractivity contribution in [1.29, 1.82) is 0 Å². The van der Waals surface area contributed by atoms with Crippen molar-refractivity contribution >= 4 is 24.0 Å². The molecule has 1 atom stereocenters. The molecule has 6 nitrogen and oxygen atoms in total. The number of nitrogens with one attached hydrogen (secondary N) is 1. The summed E-state index contributed by atoms with van der Waals surface area (Å²) in [6, 6.07) is 4.39. The number of hydrogen-bond donors (Lipinski definition) is 2. The third-order valence-corrected chi connectivity index (χ3v) is 3.84. The molecule has 7 heteroatoms. The molecule has 3 N–H and O–H groups in total. The Labute approximate surface area is 129 Å². The first kappa shape index (κ1) is 17.4. The van der Waals surface area contributed by atoms with Crippen LogP contribution in [0.15, 0.2) is 18.2 Å². The van der Waals surface area contributed by atoms with Gasteiger partial charge in [-0.15, -0.1) is 12.4 Å². The molecule has 1 aliphatic carbocycles. The van der Waals surface area contributed by atoms with Crippen LogP contribution in [0.5, 0.6) is 0 Å². The summed E-state index contributed by atoms with van der Waals surface area (Å²) in [4.78, 5) is 22.6. The van der Waals surface area contributed by atoms with Crippen molar-refractivity contribution in [3.63, 3.8) is 0 Å². The van der Waals surface area contributed by atoms with Crippen LogP contribution in [-0.4, -0.2) is 22.9 Å². The Balaban J connectivity index is 0.00000220. The van der Waals surface area contributed by atoms with Gasteiger partial charge >= 0.3 is 0 Å². The molecular formula is C14H20ClN3O3. The number of rotatable bonds is 5. The largest absolute Gasteiger partial charge is 0.345 e. The van der Waals surface area contributed by atoms with Gasteiger partial charge in [0.05, 0.1) is 10.5 Å². The number of nitrogens with zero attached hydrogens (tertiary/aromatic N) is 1. The molecular weight excluding hydrogens is 294 g/mol. The number of carbonyl (C=O) groups is 1. The van der Waals surface area contributed by atoms with Crippen molar-refractivity contribution < 1.29 is 9.72 Å². The molecule has 0 heterocycles. The van der Waals surface area contributed by atoms with Crippen LogP contribution >= 0.6 is 12.4 Å². The van der Waals surface area contributed by atoms with Gasteiger partial charge in [-0.3, -0.25) is 14.9 Å². The molecule has 1 aromatic rings. The lowest BCUT2D eigenvalue weighted by Crippen LogP contribution is -2.53. The molecule has 0 radical (unpaired) electrons. The Hall–Kier alpha value is -1.66. The summed E-state index contributed by atoms with van der Waals surface area (Å²) < 4.78 is 0. The van der Waals surface area contributed by atoms with E-state index in [-0.39, 0.29) is 24.0 Å². The van der Waals surface area contributed by atoms with Crippen molar-refractivity contribution in [2.24, 2.45) is 11.7 Å². The van der Waals surface area contributed by atoms with Crippen LogP contribution in [-0.2, 0) is 0 Å². The number of halogens is 1. The lowest BCUT2D eigenvalue weighted by atomic mass is 9.95. The Morgan fingerprint density at radius 1 is 1.48 bits per heavy atom. The predicted octanol–water partition coefficient (Wildman–Crippen LogP) is 2.18. The first-order valence-electron chi connectivity index (χ1n) is 6.64. The second-order valence-corrected chi connectivity index (χ2v) is 5.66. The average Bonchev–Trinajstić information content (AvgIpc) is 3.22. The highest BCUT2D eigenvalue weighted by Crippen LogP contribution is 2.39. The second-order valence-electron chi connectivity index (χ2n) is 5.66. The molecule has 1 fully saturated rings. The lowest BCUT2D eigenvalue weighted by molar-refractivity contribution is -0.384. The van der Waals surface area contributed by atoms with Gasteiger partial charge in [0.1, 0.15) is 0 Å². The molecule has 1 amide bonds. The summed E-state index contributed by atoms with van der Waals surface area (Å²) in [5.41, 5.74) is 6.24. The summed E-state index contributed by atoms with van der Waals surface area (Å²) in [5.74, 6) is 0.0906. The zero-order chi connectivity index (χ0) is 14.9. The van der Waals surface area contributed by atoms with Crippen LogP contribution in [0, 0.1) is 23.0 Å². The fourth-order valence-electron chi connectivity index (χ4n) is 2.37. The molecule has 0 spiro atoms. The molecule has 0 saturated heterocycles. The zero-order valence-corrected chi connectivity index (χ0v) is 12.9. The molecule has 1 saturated carbocycles. The number of nitro groups is 1. The van der Waals surface area contributed by atoms with E-state index in [0.29, 0.717) is 23.6 Å². The molecule has 0 aromatic heterocycles. The normalized spacial score (nSPS) is 16.5. The lowest BCUT2D eigenvalue weighted by Gasteiger charge is -2.29. The van der Waals surface area contributed by atoms with Gasteiger partial charge in [0.15, 0.2) is 0 Å². The number of amides is 1. The van der Waals surface area contributed by atoms with Gasteiger partial charge in [0.2, 0.25) is 0 Å². The maximum Gasteiger partial charge on any atom is 0.270 e. The summed E-state index contributed by atoms with van der Waals surface area (Å²) in [6.45, 7) is 4.01. The number of nitro benzene ring substituents is 1. The smallest absolute Gasteiger partial charge is 0.270 e. The van der Waals surface area contributed by atoms with E-state index in [1.54, 1.807) is 13.0 Å². The van der Waals surface area contributed by atoms with E-state index >= 15 is 0 Å². The van der Waals surface area contributed by atoms with Crippen molar-refractivity contribution in [3.8, 4) is 0 Å². The van der Waals surface area contributed by atoms with Crippen molar-refractivity contribution in [2.75, 3.05) is 6.54 Å². The van der Waals surface area contributed by atoms with Gasteiger partial charge in [0.25, 0.3) is 11.6 Å². The van der Waals surface area contributed by atoms with E-state index in [4.69, 9.17) is 5.73 Å². The first-order valence-corrected chi connectivity index (χ1v) is 6.64. The molecule has 1 unspecified atom stereocenters. The van der Waals surface area contributed by atoms with E-state index in [1.165, 1.54) is 12.1 Å². The van der Waals surface area contributed by atoms with Crippen LogP contribution in [0.25, 0.3) is 0 Å². The van der Waals surface area contributed by atoms with Crippen LogP contribution in [0.2, 0.25) is 0 Å². The van der Waals surface area contributed by atoms with Gasteiger partial charge in [-0.25, -0.2) is 0 Å². The SMILES string of the molecule is Cc1cc(C(=O)NC(C)(CN)C2CC2)cc([N+](=O)[O-])c1.Cl. The predicted molar refractivity (Wildman–Crippen MR) is 82.7 cm³/mol. The Morgan fingerprint density at radius 3 is 2.57 bits per heavy atom. The quantitative estimate of drug-likeness (QED) is 0.643. The topological polar surface area (TPSA) is 98.3 Å². The Kier molecular flexibility index (Phi) is 5.31. The van der Waals surface area contributed by atoms with E-state index in [1.807, 2.05) is 6.92 Å². The molecule has 0 bridgehead atoms. The maximum atomic E-state index is 12.3. The minimum atomic E-state index is -0.493. The first-order chi connectivity index (χ1) is 9.35.